The van der Waals surface area contributed by atoms with Crippen LogP contribution < -0.4 is 5.32 Å². The largest absolute Gasteiger partial charge is 0.416 e. The van der Waals surface area contributed by atoms with E-state index in [1.807, 2.05) is 11.9 Å². The summed E-state index contributed by atoms with van der Waals surface area (Å²) in [7, 11) is 1.89. The fourth-order valence-electron chi connectivity index (χ4n) is 3.43. The van der Waals surface area contributed by atoms with Gasteiger partial charge in [0, 0.05) is 25.0 Å². The summed E-state index contributed by atoms with van der Waals surface area (Å²) in [6.07, 6.45) is -1.65. The molecule has 2 fully saturated rings. The fourth-order valence-corrected chi connectivity index (χ4v) is 3.43. The molecule has 6 heteroatoms. The Morgan fingerprint density at radius 2 is 2.13 bits per heavy atom. The highest BCUT2D eigenvalue weighted by atomic mass is 19.4. The Morgan fingerprint density at radius 1 is 1.35 bits per heavy atom. The molecule has 0 radical (unpaired) electrons. The zero-order valence-electron chi connectivity index (χ0n) is 13.1. The zero-order valence-corrected chi connectivity index (χ0v) is 13.1. The summed E-state index contributed by atoms with van der Waals surface area (Å²) >= 11 is 0. The highest BCUT2D eigenvalue weighted by Gasteiger charge is 2.46. The Hall–Kier alpha value is -1.56. The molecule has 1 aromatic rings. The van der Waals surface area contributed by atoms with E-state index in [4.69, 9.17) is 0 Å². The lowest BCUT2D eigenvalue weighted by molar-refractivity contribution is -0.137. The van der Waals surface area contributed by atoms with Crippen LogP contribution in [0.25, 0.3) is 0 Å². The predicted molar refractivity (Wildman–Crippen MR) is 81.0 cm³/mol. The van der Waals surface area contributed by atoms with E-state index < -0.39 is 11.7 Å². The van der Waals surface area contributed by atoms with Crippen molar-refractivity contribution in [3.8, 4) is 0 Å². The average Bonchev–Trinajstić information content (AvgIpc) is 3.34. The molecule has 3 nitrogen and oxygen atoms in total. The van der Waals surface area contributed by atoms with Gasteiger partial charge in [0.2, 0.25) is 5.91 Å². The summed E-state index contributed by atoms with van der Waals surface area (Å²) in [5.74, 6) is -0.138. The topological polar surface area (TPSA) is 32.3 Å². The molecule has 1 aliphatic carbocycles. The SMILES string of the molecule is CN[C@@H]1CCCN(C(=O)[C@@H]2C[C@@H]2c2cccc(C(F)(F)F)c2)C1. The van der Waals surface area contributed by atoms with Gasteiger partial charge in [0.05, 0.1) is 5.56 Å². The van der Waals surface area contributed by atoms with Crippen LogP contribution in [0.4, 0.5) is 13.2 Å². The number of hydrogen-bond donors (Lipinski definition) is 1. The monoisotopic (exact) mass is 326 g/mol. The van der Waals surface area contributed by atoms with Crippen molar-refractivity contribution in [1.29, 1.82) is 0 Å². The maximum atomic E-state index is 12.8. The smallest absolute Gasteiger partial charge is 0.341 e. The summed E-state index contributed by atoms with van der Waals surface area (Å²) in [6, 6.07) is 5.70. The van der Waals surface area contributed by atoms with Crippen molar-refractivity contribution >= 4 is 5.91 Å². The molecular weight excluding hydrogens is 305 g/mol. The van der Waals surface area contributed by atoms with Crippen molar-refractivity contribution < 1.29 is 18.0 Å². The third-order valence-corrected chi connectivity index (χ3v) is 4.89. The lowest BCUT2D eigenvalue weighted by Gasteiger charge is -2.32. The molecule has 1 saturated carbocycles. The van der Waals surface area contributed by atoms with E-state index in [-0.39, 0.29) is 17.7 Å². The minimum absolute atomic E-state index is 0.0697. The Morgan fingerprint density at radius 3 is 2.83 bits per heavy atom. The van der Waals surface area contributed by atoms with Crippen LogP contribution in [0.5, 0.6) is 0 Å². The van der Waals surface area contributed by atoms with Gasteiger partial charge in [0.25, 0.3) is 0 Å². The Labute approximate surface area is 133 Å². The van der Waals surface area contributed by atoms with Crippen LogP contribution >= 0.6 is 0 Å². The van der Waals surface area contributed by atoms with Crippen LogP contribution in [0.1, 0.15) is 36.3 Å². The number of carbonyl (C=O) groups is 1. The van der Waals surface area contributed by atoms with E-state index in [2.05, 4.69) is 5.32 Å². The molecule has 0 aromatic heterocycles. The van der Waals surface area contributed by atoms with Crippen LogP contribution in [-0.4, -0.2) is 37.0 Å². The third-order valence-electron chi connectivity index (χ3n) is 4.89. The summed E-state index contributed by atoms with van der Waals surface area (Å²) < 4.78 is 38.4. The van der Waals surface area contributed by atoms with Crippen LogP contribution in [0.3, 0.4) is 0 Å². The van der Waals surface area contributed by atoms with Crippen molar-refractivity contribution in [3.63, 3.8) is 0 Å². The molecule has 1 heterocycles. The first-order chi connectivity index (χ1) is 10.9. The first-order valence-electron chi connectivity index (χ1n) is 8.03. The van der Waals surface area contributed by atoms with E-state index in [9.17, 15) is 18.0 Å². The maximum absolute atomic E-state index is 12.8. The van der Waals surface area contributed by atoms with E-state index in [1.165, 1.54) is 12.1 Å². The number of piperidine rings is 1. The number of likely N-dealkylation sites (N-methyl/N-ethyl adjacent to an activating group) is 1. The van der Waals surface area contributed by atoms with Gasteiger partial charge in [-0.3, -0.25) is 4.79 Å². The van der Waals surface area contributed by atoms with Gasteiger partial charge in [-0.1, -0.05) is 18.2 Å². The number of amides is 1. The van der Waals surface area contributed by atoms with Crippen molar-refractivity contribution in [3.05, 3.63) is 35.4 Å². The first-order valence-corrected chi connectivity index (χ1v) is 8.03. The predicted octanol–water partition coefficient (Wildman–Crippen LogP) is 3.02. The standard InChI is InChI=1S/C17H21F3N2O/c1-21-13-6-3-7-22(10-13)16(23)15-9-14(15)11-4-2-5-12(8-11)17(18,19)20/h2,4-5,8,13-15,21H,3,6-7,9-10H2,1H3/t13-,14-,15-/m1/s1. The Kier molecular flexibility index (Phi) is 4.36. The summed E-state index contributed by atoms with van der Waals surface area (Å²) in [5.41, 5.74) is -0.0123. The lowest BCUT2D eigenvalue weighted by atomic mass is 10.0. The van der Waals surface area contributed by atoms with Gasteiger partial charge in [0.1, 0.15) is 0 Å². The van der Waals surface area contributed by atoms with Crippen LogP contribution in [0.15, 0.2) is 24.3 Å². The highest BCUT2D eigenvalue weighted by molar-refractivity contribution is 5.83. The molecule has 1 aliphatic heterocycles. The number of nitrogens with one attached hydrogen (secondary N) is 1. The summed E-state index contributed by atoms with van der Waals surface area (Å²) in [4.78, 5) is 14.4. The normalized spacial score (nSPS) is 27.8. The van der Waals surface area contributed by atoms with Crippen LogP contribution in [-0.2, 0) is 11.0 Å². The van der Waals surface area contributed by atoms with Gasteiger partial charge in [-0.15, -0.1) is 0 Å². The molecule has 0 unspecified atom stereocenters. The van der Waals surface area contributed by atoms with E-state index in [0.29, 0.717) is 24.6 Å². The molecule has 1 aromatic carbocycles. The molecule has 23 heavy (non-hydrogen) atoms. The minimum atomic E-state index is -4.34. The summed E-state index contributed by atoms with van der Waals surface area (Å²) in [6.45, 7) is 1.45. The van der Waals surface area contributed by atoms with Crippen LogP contribution in [0.2, 0.25) is 0 Å². The van der Waals surface area contributed by atoms with Crippen molar-refractivity contribution in [2.24, 2.45) is 5.92 Å². The molecule has 126 valence electrons. The number of carbonyl (C=O) groups excluding carboxylic acids is 1. The Bertz CT molecular complexity index is 587. The van der Waals surface area contributed by atoms with Gasteiger partial charge in [-0.05, 0) is 43.9 Å². The van der Waals surface area contributed by atoms with Gasteiger partial charge in [-0.2, -0.15) is 13.2 Å². The molecule has 1 N–H and O–H groups in total. The maximum Gasteiger partial charge on any atom is 0.416 e. The number of halogens is 3. The van der Waals surface area contributed by atoms with E-state index in [1.54, 1.807) is 6.07 Å². The van der Waals surface area contributed by atoms with Gasteiger partial charge >= 0.3 is 6.18 Å². The van der Waals surface area contributed by atoms with Crippen molar-refractivity contribution in [2.75, 3.05) is 20.1 Å². The number of benzene rings is 1. The minimum Gasteiger partial charge on any atom is -0.341 e. The van der Waals surface area contributed by atoms with E-state index >= 15 is 0 Å². The van der Waals surface area contributed by atoms with E-state index in [0.717, 1.165) is 25.5 Å². The molecule has 0 bridgehead atoms. The van der Waals surface area contributed by atoms with Crippen molar-refractivity contribution in [1.82, 2.24) is 10.2 Å². The van der Waals surface area contributed by atoms with Crippen molar-refractivity contribution in [2.45, 2.75) is 37.4 Å². The lowest BCUT2D eigenvalue weighted by Crippen LogP contribution is -2.47. The second-order valence-electron chi connectivity index (χ2n) is 6.48. The molecule has 0 spiro atoms. The number of hydrogen-bond acceptors (Lipinski definition) is 2. The van der Waals surface area contributed by atoms with Gasteiger partial charge in [-0.25, -0.2) is 0 Å². The highest BCUT2D eigenvalue weighted by Crippen LogP contribution is 2.49. The third kappa shape index (κ3) is 3.52. The fraction of sp³-hybridized carbons (Fsp3) is 0.588. The molecule has 3 atom stereocenters. The molecule has 1 saturated heterocycles. The Balaban J connectivity index is 1.66. The summed E-state index contributed by atoms with van der Waals surface area (Å²) in [5, 5.41) is 3.20. The molecule has 2 aliphatic rings. The second-order valence-corrected chi connectivity index (χ2v) is 6.48. The van der Waals surface area contributed by atoms with Gasteiger partial charge in [0.15, 0.2) is 0 Å². The quantitative estimate of drug-likeness (QED) is 0.926. The number of rotatable bonds is 3. The van der Waals surface area contributed by atoms with Gasteiger partial charge < -0.3 is 10.2 Å². The number of alkyl halides is 3. The molecule has 3 rings (SSSR count). The number of nitrogens with zero attached hydrogens (tertiary/aromatic N) is 1. The zero-order chi connectivity index (χ0) is 16.6. The first kappa shape index (κ1) is 16.3. The number of likely N-dealkylation sites (tertiary alicyclic amines) is 1. The average molecular weight is 326 g/mol. The molecule has 1 amide bonds. The second kappa shape index (κ2) is 6.15. The van der Waals surface area contributed by atoms with Crippen LogP contribution in [0, 0.1) is 5.92 Å². The molecular formula is C17H21F3N2O.